The molecule has 2 unspecified atom stereocenters. The maximum atomic E-state index is 11.5. The van der Waals surface area contributed by atoms with Crippen LogP contribution in [-0.4, -0.2) is 36.4 Å². The lowest BCUT2D eigenvalue weighted by molar-refractivity contribution is -0.123. The molecule has 3 N–H and O–H groups in total. The van der Waals surface area contributed by atoms with Crippen LogP contribution in [0.25, 0.3) is 0 Å². The molecule has 1 heterocycles. The van der Waals surface area contributed by atoms with Gasteiger partial charge in [0.15, 0.2) is 5.78 Å². The van der Waals surface area contributed by atoms with Crippen LogP contribution < -0.4 is 11.1 Å². The second-order valence-corrected chi connectivity index (χ2v) is 5.71. The standard InChI is InChI=1S/C16H21N3O/c1-10-15(14(17)16(10)20)19-6-5-12-4-3-11(8-18-2)7-13(12)9-19/h3-4,7,14-15,18H,1,5-6,8-9,17H2,2H3. The van der Waals surface area contributed by atoms with Gasteiger partial charge in [0, 0.05) is 25.2 Å². The number of nitrogens with one attached hydrogen (secondary N) is 1. The van der Waals surface area contributed by atoms with Crippen molar-refractivity contribution in [2.75, 3.05) is 13.6 Å². The minimum Gasteiger partial charge on any atom is -0.320 e. The molecule has 2 aliphatic rings. The van der Waals surface area contributed by atoms with Gasteiger partial charge < -0.3 is 11.1 Å². The molecular formula is C16H21N3O. The molecule has 3 rings (SSSR count). The molecule has 0 radical (unpaired) electrons. The fourth-order valence-corrected chi connectivity index (χ4v) is 3.26. The van der Waals surface area contributed by atoms with Crippen LogP contribution in [0.15, 0.2) is 30.4 Å². The molecule has 0 aromatic heterocycles. The Balaban J connectivity index is 1.79. The fraction of sp³-hybridized carbons (Fsp3) is 0.438. The number of rotatable bonds is 3. The van der Waals surface area contributed by atoms with Crippen LogP contribution in [0.1, 0.15) is 16.7 Å². The molecule has 1 fully saturated rings. The molecule has 0 amide bonds. The number of hydrogen-bond donors (Lipinski definition) is 2. The van der Waals surface area contributed by atoms with Crippen molar-refractivity contribution >= 4 is 5.78 Å². The molecule has 0 spiro atoms. The van der Waals surface area contributed by atoms with Crippen molar-refractivity contribution in [1.82, 2.24) is 10.2 Å². The summed E-state index contributed by atoms with van der Waals surface area (Å²) >= 11 is 0. The smallest absolute Gasteiger partial charge is 0.178 e. The van der Waals surface area contributed by atoms with Gasteiger partial charge in [-0.1, -0.05) is 24.8 Å². The van der Waals surface area contributed by atoms with E-state index >= 15 is 0 Å². The molecule has 106 valence electrons. The Kier molecular flexibility index (Phi) is 3.46. The lowest BCUT2D eigenvalue weighted by Gasteiger charge is -2.44. The van der Waals surface area contributed by atoms with E-state index in [0.717, 1.165) is 26.1 Å². The summed E-state index contributed by atoms with van der Waals surface area (Å²) < 4.78 is 0. The Morgan fingerprint density at radius 1 is 1.45 bits per heavy atom. The Labute approximate surface area is 119 Å². The van der Waals surface area contributed by atoms with Crippen molar-refractivity contribution in [3.63, 3.8) is 0 Å². The number of nitrogens with zero attached hydrogens (tertiary/aromatic N) is 1. The normalized spacial score (nSPS) is 26.3. The highest BCUT2D eigenvalue weighted by molar-refractivity contribution is 6.08. The first kappa shape index (κ1) is 13.5. The van der Waals surface area contributed by atoms with Crippen LogP contribution >= 0.6 is 0 Å². The highest BCUT2D eigenvalue weighted by Gasteiger charge is 2.45. The van der Waals surface area contributed by atoms with E-state index < -0.39 is 0 Å². The number of nitrogens with two attached hydrogens (primary N) is 1. The molecule has 4 heteroatoms. The lowest BCUT2D eigenvalue weighted by Crippen LogP contribution is -2.63. The van der Waals surface area contributed by atoms with Crippen LogP contribution in [0.5, 0.6) is 0 Å². The van der Waals surface area contributed by atoms with Gasteiger partial charge in [0.25, 0.3) is 0 Å². The Morgan fingerprint density at radius 3 is 2.95 bits per heavy atom. The summed E-state index contributed by atoms with van der Waals surface area (Å²) in [5.41, 5.74) is 10.6. The molecule has 1 saturated carbocycles. The lowest BCUT2D eigenvalue weighted by atomic mass is 9.78. The van der Waals surface area contributed by atoms with Crippen molar-refractivity contribution in [2.24, 2.45) is 5.73 Å². The molecule has 0 bridgehead atoms. The monoisotopic (exact) mass is 271 g/mol. The summed E-state index contributed by atoms with van der Waals surface area (Å²) in [5, 5.41) is 3.17. The Morgan fingerprint density at radius 2 is 2.25 bits per heavy atom. The second-order valence-electron chi connectivity index (χ2n) is 5.71. The molecule has 1 aromatic rings. The number of Topliss-reactive ketones (excluding diaryl/α,β-unsaturated/α-hetero) is 1. The van der Waals surface area contributed by atoms with Gasteiger partial charge in [0.05, 0.1) is 12.1 Å². The first-order chi connectivity index (χ1) is 9.61. The third-order valence-corrected chi connectivity index (χ3v) is 4.40. The Bertz CT molecular complexity index is 567. The van der Waals surface area contributed by atoms with Crippen molar-refractivity contribution in [2.45, 2.75) is 31.6 Å². The maximum absolute atomic E-state index is 11.5. The molecule has 20 heavy (non-hydrogen) atoms. The van der Waals surface area contributed by atoms with Crippen LogP contribution in [0.2, 0.25) is 0 Å². The van der Waals surface area contributed by atoms with Gasteiger partial charge in [0.1, 0.15) is 0 Å². The van der Waals surface area contributed by atoms with E-state index in [2.05, 4.69) is 35.0 Å². The van der Waals surface area contributed by atoms with E-state index in [1.54, 1.807) is 0 Å². The highest BCUT2D eigenvalue weighted by atomic mass is 16.1. The summed E-state index contributed by atoms with van der Waals surface area (Å²) in [6.45, 7) is 6.55. The zero-order chi connectivity index (χ0) is 14.3. The molecule has 1 aromatic carbocycles. The average molecular weight is 271 g/mol. The quantitative estimate of drug-likeness (QED) is 0.790. The largest absolute Gasteiger partial charge is 0.320 e. The third kappa shape index (κ3) is 2.10. The first-order valence-electron chi connectivity index (χ1n) is 7.09. The topological polar surface area (TPSA) is 58.4 Å². The molecular weight excluding hydrogens is 250 g/mol. The van der Waals surface area contributed by atoms with Crippen LogP contribution in [0.4, 0.5) is 0 Å². The van der Waals surface area contributed by atoms with Crippen molar-refractivity contribution in [1.29, 1.82) is 0 Å². The number of fused-ring (bicyclic) bond motifs is 1. The summed E-state index contributed by atoms with van der Waals surface area (Å²) in [6.07, 6.45) is 1.01. The van der Waals surface area contributed by atoms with Gasteiger partial charge in [-0.3, -0.25) is 9.69 Å². The SMILES string of the molecule is C=C1C(=O)C(N)C1N1CCc2ccc(CNC)cc2C1. The number of benzene rings is 1. The van der Waals surface area contributed by atoms with Gasteiger partial charge in [-0.05, 0) is 30.2 Å². The number of hydrogen-bond acceptors (Lipinski definition) is 4. The van der Waals surface area contributed by atoms with Crippen LogP contribution in [0, 0.1) is 0 Å². The Hall–Kier alpha value is -1.49. The zero-order valence-corrected chi connectivity index (χ0v) is 11.9. The van der Waals surface area contributed by atoms with E-state index in [1.165, 1.54) is 16.7 Å². The number of ketones is 1. The van der Waals surface area contributed by atoms with E-state index in [1.807, 2.05) is 7.05 Å². The van der Waals surface area contributed by atoms with Crippen molar-refractivity contribution in [3.05, 3.63) is 47.0 Å². The zero-order valence-electron chi connectivity index (χ0n) is 11.9. The van der Waals surface area contributed by atoms with Gasteiger partial charge in [-0.15, -0.1) is 0 Å². The molecule has 1 aliphatic carbocycles. The van der Waals surface area contributed by atoms with Crippen LogP contribution in [-0.2, 0) is 24.3 Å². The van der Waals surface area contributed by atoms with Gasteiger partial charge in [-0.25, -0.2) is 0 Å². The maximum Gasteiger partial charge on any atom is 0.178 e. The van der Waals surface area contributed by atoms with Crippen molar-refractivity contribution in [3.8, 4) is 0 Å². The first-order valence-corrected chi connectivity index (χ1v) is 7.09. The van der Waals surface area contributed by atoms with Gasteiger partial charge >= 0.3 is 0 Å². The predicted molar refractivity (Wildman–Crippen MR) is 79.2 cm³/mol. The highest BCUT2D eigenvalue weighted by Crippen LogP contribution is 2.30. The summed E-state index contributed by atoms with van der Waals surface area (Å²) in [7, 11) is 1.95. The summed E-state index contributed by atoms with van der Waals surface area (Å²) in [6, 6.07) is 6.31. The minimum atomic E-state index is -0.385. The van der Waals surface area contributed by atoms with E-state index in [-0.39, 0.29) is 17.9 Å². The molecule has 2 atom stereocenters. The molecule has 0 saturated heterocycles. The number of carbonyl (C=O) groups excluding carboxylic acids is 1. The molecule has 4 nitrogen and oxygen atoms in total. The minimum absolute atomic E-state index is 0.0183. The van der Waals surface area contributed by atoms with E-state index in [4.69, 9.17) is 5.73 Å². The fourth-order valence-electron chi connectivity index (χ4n) is 3.26. The number of carbonyl (C=O) groups is 1. The third-order valence-electron chi connectivity index (χ3n) is 4.40. The van der Waals surface area contributed by atoms with Crippen LogP contribution in [0.3, 0.4) is 0 Å². The molecule has 1 aliphatic heterocycles. The average Bonchev–Trinajstić information content (AvgIpc) is 2.47. The van der Waals surface area contributed by atoms with Gasteiger partial charge in [0.2, 0.25) is 0 Å². The van der Waals surface area contributed by atoms with Gasteiger partial charge in [-0.2, -0.15) is 0 Å². The van der Waals surface area contributed by atoms with Crippen molar-refractivity contribution < 1.29 is 4.79 Å². The second kappa shape index (κ2) is 5.13. The predicted octanol–water partition coefficient (Wildman–Crippen LogP) is 0.599. The summed E-state index contributed by atoms with van der Waals surface area (Å²) in [4.78, 5) is 13.8. The summed E-state index contributed by atoms with van der Waals surface area (Å²) in [5.74, 6) is 0.0183. The van der Waals surface area contributed by atoms with E-state index in [9.17, 15) is 4.79 Å². The van der Waals surface area contributed by atoms with E-state index in [0.29, 0.717) is 5.57 Å².